The van der Waals surface area contributed by atoms with Crippen LogP contribution in [-0.4, -0.2) is 0 Å². The van der Waals surface area contributed by atoms with Crippen LogP contribution < -0.4 is 5.32 Å². The fourth-order valence-electron chi connectivity index (χ4n) is 1.70. The second-order valence-electron chi connectivity index (χ2n) is 4.32. The van der Waals surface area contributed by atoms with Crippen molar-refractivity contribution in [1.82, 2.24) is 5.32 Å². The fraction of sp³-hybridized carbons (Fsp3) is 0.286. The molecule has 1 N–H and O–H groups in total. The van der Waals surface area contributed by atoms with E-state index in [0.29, 0.717) is 5.56 Å². The van der Waals surface area contributed by atoms with Crippen molar-refractivity contribution in [1.29, 1.82) is 0 Å². The van der Waals surface area contributed by atoms with Crippen LogP contribution in [0.3, 0.4) is 0 Å². The highest BCUT2D eigenvalue weighted by molar-refractivity contribution is 9.11. The lowest BCUT2D eigenvalue weighted by Gasteiger charge is -2.14. The summed E-state index contributed by atoms with van der Waals surface area (Å²) in [7, 11) is 0. The minimum absolute atomic E-state index is 0.139. The molecule has 0 aliphatic heterocycles. The Morgan fingerprint density at radius 2 is 2.11 bits per heavy atom. The van der Waals surface area contributed by atoms with E-state index in [1.165, 1.54) is 4.88 Å². The molecule has 1 nitrogen and oxygen atoms in total. The van der Waals surface area contributed by atoms with Crippen LogP contribution in [0.2, 0.25) is 0 Å². The molecule has 0 aliphatic rings. The first-order valence-corrected chi connectivity index (χ1v) is 7.41. The molecular weight excluding hydrogens is 313 g/mol. The number of rotatable bonds is 4. The molecule has 0 aliphatic carbocycles. The predicted octanol–water partition coefficient (Wildman–Crippen LogP) is 4.81. The Morgan fingerprint density at radius 1 is 1.33 bits per heavy atom. The van der Waals surface area contributed by atoms with E-state index >= 15 is 0 Å². The second-order valence-corrected chi connectivity index (χ2v) is 6.86. The fourth-order valence-corrected chi connectivity index (χ4v) is 3.13. The zero-order valence-electron chi connectivity index (χ0n) is 10.3. The molecule has 0 saturated carbocycles. The topological polar surface area (TPSA) is 12.0 Å². The molecule has 2 rings (SSSR count). The van der Waals surface area contributed by atoms with Gasteiger partial charge in [0, 0.05) is 17.5 Å². The number of hydrogen-bond acceptors (Lipinski definition) is 2. The lowest BCUT2D eigenvalue weighted by molar-refractivity contribution is 0.566. The van der Waals surface area contributed by atoms with Crippen molar-refractivity contribution in [2.45, 2.75) is 26.4 Å². The quantitative estimate of drug-likeness (QED) is 0.849. The number of benzene rings is 1. The smallest absolute Gasteiger partial charge is 0.126 e. The van der Waals surface area contributed by atoms with Crippen LogP contribution in [-0.2, 0) is 6.54 Å². The molecule has 4 heteroatoms. The van der Waals surface area contributed by atoms with Crippen molar-refractivity contribution in [3.8, 4) is 0 Å². The zero-order valence-corrected chi connectivity index (χ0v) is 12.7. The Morgan fingerprint density at radius 3 is 2.72 bits per heavy atom. The van der Waals surface area contributed by atoms with Crippen molar-refractivity contribution >= 4 is 27.3 Å². The Hall–Kier alpha value is -0.710. The molecule has 0 fully saturated rings. The highest BCUT2D eigenvalue weighted by atomic mass is 79.9. The van der Waals surface area contributed by atoms with Crippen LogP contribution in [0, 0.1) is 12.7 Å². The van der Waals surface area contributed by atoms with E-state index in [0.717, 1.165) is 15.9 Å². The first-order valence-electron chi connectivity index (χ1n) is 5.80. The van der Waals surface area contributed by atoms with Gasteiger partial charge in [0.2, 0.25) is 0 Å². The number of nitrogens with one attached hydrogen (secondary N) is 1. The molecule has 96 valence electrons. The molecule has 18 heavy (non-hydrogen) atoms. The highest BCUT2D eigenvalue weighted by Crippen LogP contribution is 2.23. The summed E-state index contributed by atoms with van der Waals surface area (Å²) in [5.74, 6) is -0.139. The average molecular weight is 328 g/mol. The molecule has 1 heterocycles. The lowest BCUT2D eigenvalue weighted by Crippen LogP contribution is -2.17. The maximum Gasteiger partial charge on any atom is 0.126 e. The molecule has 1 aromatic heterocycles. The number of aryl methyl sites for hydroxylation is 1. The van der Waals surface area contributed by atoms with Gasteiger partial charge < -0.3 is 5.32 Å². The summed E-state index contributed by atoms with van der Waals surface area (Å²) < 4.78 is 14.6. The molecule has 2 aromatic rings. The molecule has 1 atom stereocenters. The number of hydrogen-bond donors (Lipinski definition) is 1. The van der Waals surface area contributed by atoms with E-state index in [1.807, 2.05) is 25.1 Å². The Kier molecular flexibility index (Phi) is 4.54. The molecule has 0 amide bonds. The van der Waals surface area contributed by atoms with E-state index in [4.69, 9.17) is 0 Å². The molecule has 0 saturated heterocycles. The molecular formula is C14H15BrFNS. The van der Waals surface area contributed by atoms with Gasteiger partial charge in [-0.05, 0) is 59.1 Å². The van der Waals surface area contributed by atoms with E-state index in [2.05, 4.69) is 27.3 Å². The summed E-state index contributed by atoms with van der Waals surface area (Å²) in [6, 6.07) is 9.67. The van der Waals surface area contributed by atoms with Crippen LogP contribution in [0.5, 0.6) is 0 Å². The third-order valence-electron chi connectivity index (χ3n) is 2.91. The van der Waals surface area contributed by atoms with Gasteiger partial charge in [-0.1, -0.05) is 12.1 Å². The summed E-state index contributed by atoms with van der Waals surface area (Å²) in [4.78, 5) is 1.27. The molecule has 1 aromatic carbocycles. The minimum atomic E-state index is -0.139. The molecule has 0 spiro atoms. The summed E-state index contributed by atoms with van der Waals surface area (Å²) >= 11 is 5.15. The minimum Gasteiger partial charge on any atom is -0.305 e. The molecule has 0 bridgehead atoms. The van der Waals surface area contributed by atoms with Crippen LogP contribution in [0.25, 0.3) is 0 Å². The Balaban J connectivity index is 1.99. The molecule has 0 radical (unpaired) electrons. The first-order chi connectivity index (χ1) is 8.56. The molecule has 1 unspecified atom stereocenters. The number of thiophene rings is 1. The maximum atomic E-state index is 13.5. The first kappa shape index (κ1) is 13.7. The van der Waals surface area contributed by atoms with Gasteiger partial charge >= 0.3 is 0 Å². The van der Waals surface area contributed by atoms with E-state index in [-0.39, 0.29) is 11.9 Å². The van der Waals surface area contributed by atoms with Gasteiger partial charge in [-0.15, -0.1) is 11.3 Å². The van der Waals surface area contributed by atoms with Crippen molar-refractivity contribution in [3.05, 3.63) is 55.9 Å². The third kappa shape index (κ3) is 3.40. The zero-order chi connectivity index (χ0) is 13.1. The normalized spacial score (nSPS) is 12.7. The lowest BCUT2D eigenvalue weighted by atomic mass is 10.1. The van der Waals surface area contributed by atoms with Gasteiger partial charge in [-0.2, -0.15) is 0 Å². The van der Waals surface area contributed by atoms with Gasteiger partial charge in [0.05, 0.1) is 3.79 Å². The summed E-state index contributed by atoms with van der Waals surface area (Å²) in [5, 5.41) is 3.40. The van der Waals surface area contributed by atoms with Crippen LogP contribution in [0.4, 0.5) is 4.39 Å². The van der Waals surface area contributed by atoms with Gasteiger partial charge in [0.25, 0.3) is 0 Å². The van der Waals surface area contributed by atoms with Crippen LogP contribution >= 0.6 is 27.3 Å². The number of halogens is 2. The largest absolute Gasteiger partial charge is 0.305 e. The Labute approximate surface area is 119 Å². The highest BCUT2D eigenvalue weighted by Gasteiger charge is 2.08. The van der Waals surface area contributed by atoms with Gasteiger partial charge in [-0.3, -0.25) is 0 Å². The maximum absolute atomic E-state index is 13.5. The second kappa shape index (κ2) is 5.95. The van der Waals surface area contributed by atoms with Crippen molar-refractivity contribution in [2.75, 3.05) is 0 Å². The third-order valence-corrected chi connectivity index (χ3v) is 4.53. The van der Waals surface area contributed by atoms with Crippen LogP contribution in [0.1, 0.15) is 29.0 Å². The monoisotopic (exact) mass is 327 g/mol. The summed E-state index contributed by atoms with van der Waals surface area (Å²) in [5.41, 5.74) is 1.67. The summed E-state index contributed by atoms with van der Waals surface area (Å²) in [6.45, 7) is 4.63. The van der Waals surface area contributed by atoms with E-state index in [1.54, 1.807) is 24.3 Å². The van der Waals surface area contributed by atoms with E-state index in [9.17, 15) is 4.39 Å². The van der Waals surface area contributed by atoms with Gasteiger partial charge in [0.1, 0.15) is 5.82 Å². The van der Waals surface area contributed by atoms with Crippen LogP contribution in [0.15, 0.2) is 34.1 Å². The Bertz CT molecular complexity index is 538. The van der Waals surface area contributed by atoms with Gasteiger partial charge in [0.15, 0.2) is 0 Å². The van der Waals surface area contributed by atoms with Crippen molar-refractivity contribution in [3.63, 3.8) is 0 Å². The predicted molar refractivity (Wildman–Crippen MR) is 78.4 cm³/mol. The SMILES string of the molecule is Cc1ccc(C(C)NCc2ccc(Br)s2)cc1F. The van der Waals surface area contributed by atoms with Crippen molar-refractivity contribution < 1.29 is 4.39 Å². The van der Waals surface area contributed by atoms with Gasteiger partial charge in [-0.25, -0.2) is 4.39 Å². The van der Waals surface area contributed by atoms with Crippen molar-refractivity contribution in [2.24, 2.45) is 0 Å². The summed E-state index contributed by atoms with van der Waals surface area (Å²) in [6.07, 6.45) is 0. The standard InChI is InChI=1S/C14H15BrFNS/c1-9-3-4-11(7-13(9)16)10(2)17-8-12-5-6-14(15)18-12/h3-7,10,17H,8H2,1-2H3. The van der Waals surface area contributed by atoms with E-state index < -0.39 is 0 Å². The average Bonchev–Trinajstić information content (AvgIpc) is 2.75.